The summed E-state index contributed by atoms with van der Waals surface area (Å²) in [5.74, 6) is 1.21. The quantitative estimate of drug-likeness (QED) is 0.596. The molecule has 0 spiro atoms. The molecule has 2 aromatic carbocycles. The molecule has 3 rings (SSSR count). The number of aromatic nitrogens is 3. The first-order chi connectivity index (χ1) is 13.4. The number of amides is 1. The molecule has 0 saturated heterocycles. The van der Waals surface area contributed by atoms with Gasteiger partial charge in [0.25, 0.3) is 0 Å². The number of hydrogen-bond acceptors (Lipinski definition) is 5. The fourth-order valence-electron chi connectivity index (χ4n) is 2.63. The highest BCUT2D eigenvalue weighted by molar-refractivity contribution is 8.00. The zero-order valence-corrected chi connectivity index (χ0v) is 17.6. The summed E-state index contributed by atoms with van der Waals surface area (Å²) in [5.41, 5.74) is 2.60. The molecule has 0 aliphatic heterocycles. The van der Waals surface area contributed by atoms with Crippen LogP contribution < -0.4 is 10.1 Å². The molecular formula is C20H21ClN4O2S. The van der Waals surface area contributed by atoms with Crippen LogP contribution in [0.2, 0.25) is 5.02 Å². The molecule has 0 aliphatic carbocycles. The van der Waals surface area contributed by atoms with Crippen molar-refractivity contribution in [2.24, 2.45) is 7.05 Å². The number of hydrogen-bond donors (Lipinski definition) is 1. The highest BCUT2D eigenvalue weighted by Gasteiger charge is 2.20. The second kappa shape index (κ2) is 8.67. The van der Waals surface area contributed by atoms with Gasteiger partial charge in [-0.3, -0.25) is 4.79 Å². The Morgan fingerprint density at radius 3 is 2.61 bits per heavy atom. The van der Waals surface area contributed by atoms with Gasteiger partial charge in [-0.15, -0.1) is 10.2 Å². The summed E-state index contributed by atoms with van der Waals surface area (Å²) < 4.78 is 7.19. The average molecular weight is 417 g/mol. The van der Waals surface area contributed by atoms with E-state index in [0.717, 1.165) is 11.1 Å². The molecule has 0 fully saturated rings. The largest absolute Gasteiger partial charge is 0.495 e. The highest BCUT2D eigenvalue weighted by Crippen LogP contribution is 2.29. The van der Waals surface area contributed by atoms with Crippen LogP contribution in [-0.2, 0) is 11.8 Å². The minimum Gasteiger partial charge on any atom is -0.495 e. The number of aryl methyl sites for hydroxylation is 1. The van der Waals surface area contributed by atoms with E-state index in [1.165, 1.54) is 11.8 Å². The highest BCUT2D eigenvalue weighted by atomic mass is 35.5. The van der Waals surface area contributed by atoms with E-state index in [0.29, 0.717) is 27.4 Å². The number of rotatable bonds is 6. The van der Waals surface area contributed by atoms with Crippen molar-refractivity contribution in [2.45, 2.75) is 24.3 Å². The Morgan fingerprint density at radius 2 is 1.93 bits per heavy atom. The maximum absolute atomic E-state index is 12.7. The van der Waals surface area contributed by atoms with Gasteiger partial charge in [-0.2, -0.15) is 0 Å². The van der Waals surface area contributed by atoms with Gasteiger partial charge in [0, 0.05) is 17.6 Å². The maximum Gasteiger partial charge on any atom is 0.237 e. The lowest BCUT2D eigenvalue weighted by Crippen LogP contribution is -2.23. The van der Waals surface area contributed by atoms with Gasteiger partial charge in [-0.25, -0.2) is 0 Å². The van der Waals surface area contributed by atoms with Crippen molar-refractivity contribution in [1.82, 2.24) is 14.8 Å². The van der Waals surface area contributed by atoms with Gasteiger partial charge >= 0.3 is 0 Å². The summed E-state index contributed by atoms with van der Waals surface area (Å²) in [4.78, 5) is 12.7. The standard InChI is InChI=1S/C20H21ClN4O2S/c1-12-5-10-17(27-4)16(11-12)22-19(26)13(2)28-20-24-23-18(25(20)3)14-6-8-15(21)9-7-14/h5-11,13H,1-4H3,(H,22,26)/t13-/m0/s1. The van der Waals surface area contributed by atoms with Gasteiger partial charge in [-0.1, -0.05) is 29.4 Å². The van der Waals surface area contributed by atoms with Crippen LogP contribution in [0.25, 0.3) is 11.4 Å². The molecule has 6 nitrogen and oxygen atoms in total. The number of thioether (sulfide) groups is 1. The molecule has 8 heteroatoms. The summed E-state index contributed by atoms with van der Waals surface area (Å²) in [6.07, 6.45) is 0. The molecule has 0 radical (unpaired) electrons. The summed E-state index contributed by atoms with van der Waals surface area (Å²) in [6.45, 7) is 3.80. The number of halogens is 1. The molecule has 1 N–H and O–H groups in total. The Hall–Kier alpha value is -2.51. The topological polar surface area (TPSA) is 69.0 Å². The molecule has 0 bridgehead atoms. The Kier molecular flexibility index (Phi) is 6.26. The maximum atomic E-state index is 12.7. The summed E-state index contributed by atoms with van der Waals surface area (Å²) in [6, 6.07) is 13.1. The lowest BCUT2D eigenvalue weighted by molar-refractivity contribution is -0.115. The van der Waals surface area contributed by atoms with Crippen LogP contribution in [0, 0.1) is 6.92 Å². The molecular weight excluding hydrogens is 396 g/mol. The molecule has 0 unspecified atom stereocenters. The fourth-order valence-corrected chi connectivity index (χ4v) is 3.57. The third-order valence-electron chi connectivity index (χ3n) is 4.20. The van der Waals surface area contributed by atoms with E-state index in [4.69, 9.17) is 16.3 Å². The van der Waals surface area contributed by atoms with Gasteiger partial charge in [0.1, 0.15) is 5.75 Å². The van der Waals surface area contributed by atoms with E-state index in [2.05, 4.69) is 15.5 Å². The van der Waals surface area contributed by atoms with E-state index in [9.17, 15) is 4.79 Å². The van der Waals surface area contributed by atoms with Crippen LogP contribution in [0.4, 0.5) is 5.69 Å². The molecule has 28 heavy (non-hydrogen) atoms. The lowest BCUT2D eigenvalue weighted by Gasteiger charge is -2.14. The number of anilines is 1. The first kappa shape index (κ1) is 20.2. The Bertz CT molecular complexity index is 988. The number of nitrogens with zero attached hydrogens (tertiary/aromatic N) is 3. The number of methoxy groups -OCH3 is 1. The molecule has 0 saturated carbocycles. The monoisotopic (exact) mass is 416 g/mol. The van der Waals surface area contributed by atoms with E-state index in [-0.39, 0.29) is 11.2 Å². The Morgan fingerprint density at radius 1 is 1.21 bits per heavy atom. The molecule has 1 heterocycles. The Labute approximate surface area is 173 Å². The summed E-state index contributed by atoms with van der Waals surface area (Å²) in [5, 5.41) is 12.4. The first-order valence-electron chi connectivity index (χ1n) is 8.66. The van der Waals surface area contributed by atoms with Crippen LogP contribution >= 0.6 is 23.4 Å². The number of benzene rings is 2. The van der Waals surface area contributed by atoms with Gasteiger partial charge in [-0.05, 0) is 55.8 Å². The SMILES string of the molecule is COc1ccc(C)cc1NC(=O)[C@H](C)Sc1nnc(-c2ccc(Cl)cc2)n1C. The third kappa shape index (κ3) is 4.48. The van der Waals surface area contributed by atoms with Crippen LogP contribution in [0.3, 0.4) is 0 Å². The lowest BCUT2D eigenvalue weighted by atomic mass is 10.2. The van der Waals surface area contributed by atoms with E-state index in [1.54, 1.807) is 7.11 Å². The molecule has 1 aromatic heterocycles. The van der Waals surface area contributed by atoms with Crippen LogP contribution in [0.1, 0.15) is 12.5 Å². The second-order valence-corrected chi connectivity index (χ2v) is 8.07. The van der Waals surface area contributed by atoms with E-state index < -0.39 is 0 Å². The molecule has 1 atom stereocenters. The first-order valence-corrected chi connectivity index (χ1v) is 9.92. The van der Waals surface area contributed by atoms with Crippen LogP contribution in [0.15, 0.2) is 47.6 Å². The van der Waals surface area contributed by atoms with Gasteiger partial charge in [0.05, 0.1) is 18.0 Å². The van der Waals surface area contributed by atoms with Crippen molar-refractivity contribution < 1.29 is 9.53 Å². The molecule has 146 valence electrons. The van der Waals surface area contributed by atoms with Crippen molar-refractivity contribution in [3.05, 3.63) is 53.1 Å². The Balaban J connectivity index is 1.73. The van der Waals surface area contributed by atoms with Crippen LogP contribution in [-0.4, -0.2) is 33.0 Å². The van der Waals surface area contributed by atoms with Crippen molar-refractivity contribution >= 4 is 35.0 Å². The molecule has 3 aromatic rings. The average Bonchev–Trinajstić information content (AvgIpc) is 3.03. The van der Waals surface area contributed by atoms with Gasteiger partial charge in [0.2, 0.25) is 5.91 Å². The number of nitrogens with one attached hydrogen (secondary N) is 1. The third-order valence-corrected chi connectivity index (χ3v) is 5.59. The van der Waals surface area contributed by atoms with Gasteiger partial charge < -0.3 is 14.6 Å². The van der Waals surface area contributed by atoms with Crippen LogP contribution in [0.5, 0.6) is 5.75 Å². The normalized spacial score (nSPS) is 11.9. The summed E-state index contributed by atoms with van der Waals surface area (Å²) >= 11 is 7.29. The van der Waals surface area contributed by atoms with Crippen molar-refractivity contribution in [2.75, 3.05) is 12.4 Å². The fraction of sp³-hybridized carbons (Fsp3) is 0.250. The van der Waals surface area contributed by atoms with Crippen molar-refractivity contribution in [3.63, 3.8) is 0 Å². The van der Waals surface area contributed by atoms with Crippen molar-refractivity contribution in [3.8, 4) is 17.1 Å². The predicted octanol–water partition coefficient (Wildman–Crippen LogP) is 4.57. The second-order valence-electron chi connectivity index (χ2n) is 6.33. The number of carbonyl (C=O) groups is 1. The molecule has 1 amide bonds. The summed E-state index contributed by atoms with van der Waals surface area (Å²) in [7, 11) is 3.46. The zero-order valence-electron chi connectivity index (χ0n) is 16.1. The number of ether oxygens (including phenoxy) is 1. The smallest absolute Gasteiger partial charge is 0.237 e. The van der Waals surface area contributed by atoms with E-state index >= 15 is 0 Å². The molecule has 0 aliphatic rings. The minimum atomic E-state index is -0.369. The predicted molar refractivity (Wildman–Crippen MR) is 113 cm³/mol. The number of carbonyl (C=O) groups excluding carboxylic acids is 1. The van der Waals surface area contributed by atoms with E-state index in [1.807, 2.05) is 67.9 Å². The zero-order chi connectivity index (χ0) is 20.3. The minimum absolute atomic E-state index is 0.134. The van der Waals surface area contributed by atoms with Gasteiger partial charge in [0.15, 0.2) is 11.0 Å². The van der Waals surface area contributed by atoms with Crippen molar-refractivity contribution in [1.29, 1.82) is 0 Å².